The number of nitrogens with zero attached hydrogens (tertiary/aromatic N) is 3. The average molecular weight is 458 g/mol. The molecule has 5 rings (SSSR count). The first-order valence-electron chi connectivity index (χ1n) is 10.9. The van der Waals surface area contributed by atoms with Crippen molar-refractivity contribution in [2.24, 2.45) is 0 Å². The Bertz CT molecular complexity index is 1320. The van der Waals surface area contributed by atoms with Crippen molar-refractivity contribution in [3.8, 4) is 11.5 Å². The Morgan fingerprint density at radius 2 is 1.85 bits per heavy atom. The second-order valence-corrected chi connectivity index (χ2v) is 8.51. The molecule has 172 valence electrons. The topological polar surface area (TPSA) is 80.4 Å². The number of aromatic nitrogens is 2. The molecule has 1 N–H and O–H groups in total. The molecule has 3 heterocycles. The fraction of sp³-hybridized carbons (Fsp3) is 0.192. The number of nitrogens with one attached hydrogen (secondary N) is 1. The third-order valence-corrected chi connectivity index (χ3v) is 6.11. The molecular weight excluding hydrogens is 435 g/mol. The van der Waals surface area contributed by atoms with E-state index in [4.69, 9.17) is 4.42 Å². The van der Waals surface area contributed by atoms with Gasteiger partial charge in [-0.05, 0) is 42.3 Å². The SMILES string of the molecule is C[C@@]1(C(=O)NCc2ccc(F)cc2)Cn2nc(-c3ccco3)cc2C(=O)N1Cc1ccccc1. The lowest BCUT2D eigenvalue weighted by molar-refractivity contribution is -0.133. The highest BCUT2D eigenvalue weighted by Crippen LogP contribution is 2.31. The van der Waals surface area contributed by atoms with Gasteiger partial charge in [-0.25, -0.2) is 4.39 Å². The highest BCUT2D eigenvalue weighted by atomic mass is 19.1. The van der Waals surface area contributed by atoms with E-state index in [1.165, 1.54) is 12.1 Å². The summed E-state index contributed by atoms with van der Waals surface area (Å²) in [6.45, 7) is 2.40. The smallest absolute Gasteiger partial charge is 0.273 e. The normalized spacial score (nSPS) is 17.5. The fourth-order valence-corrected chi connectivity index (χ4v) is 4.18. The van der Waals surface area contributed by atoms with Crippen LogP contribution in [0.25, 0.3) is 11.5 Å². The second kappa shape index (κ2) is 8.62. The highest BCUT2D eigenvalue weighted by Gasteiger charge is 2.48. The summed E-state index contributed by atoms with van der Waals surface area (Å²) in [7, 11) is 0. The average Bonchev–Trinajstić information content (AvgIpc) is 3.52. The van der Waals surface area contributed by atoms with Crippen LogP contribution < -0.4 is 5.32 Å². The first-order valence-corrected chi connectivity index (χ1v) is 10.9. The van der Waals surface area contributed by atoms with Gasteiger partial charge in [0.2, 0.25) is 5.91 Å². The number of furan rings is 1. The van der Waals surface area contributed by atoms with Crippen LogP contribution in [0.5, 0.6) is 0 Å². The Morgan fingerprint density at radius 1 is 1.09 bits per heavy atom. The van der Waals surface area contributed by atoms with Gasteiger partial charge in [-0.1, -0.05) is 42.5 Å². The standard InChI is InChI=1S/C26H23FN4O3/c1-26(25(33)28-15-18-9-11-20(27)12-10-18)17-31-22(14-21(29-31)23-8-5-13-34-23)24(32)30(26)16-19-6-3-2-4-7-19/h2-14H,15-17H2,1H3,(H,28,33)/t26-/m0/s1. The number of fused-ring (bicyclic) bond motifs is 1. The summed E-state index contributed by atoms with van der Waals surface area (Å²) >= 11 is 0. The maximum Gasteiger partial charge on any atom is 0.273 e. The molecule has 0 aliphatic carbocycles. The fourth-order valence-electron chi connectivity index (χ4n) is 4.18. The molecule has 34 heavy (non-hydrogen) atoms. The van der Waals surface area contributed by atoms with Gasteiger partial charge in [0.05, 0.1) is 12.8 Å². The Labute approximate surface area is 195 Å². The number of amides is 2. The third kappa shape index (κ3) is 3.98. The van der Waals surface area contributed by atoms with Crippen LogP contribution in [0.15, 0.2) is 83.5 Å². The molecule has 1 aliphatic rings. The van der Waals surface area contributed by atoms with E-state index in [1.807, 2.05) is 30.3 Å². The maximum atomic E-state index is 13.6. The zero-order chi connectivity index (χ0) is 23.7. The minimum absolute atomic E-state index is 0.177. The number of rotatable bonds is 6. The van der Waals surface area contributed by atoms with Gasteiger partial charge in [-0.15, -0.1) is 0 Å². The van der Waals surface area contributed by atoms with Crippen molar-refractivity contribution in [2.45, 2.75) is 32.1 Å². The molecule has 2 aromatic heterocycles. The number of carbonyl (C=O) groups is 2. The van der Waals surface area contributed by atoms with E-state index in [0.29, 0.717) is 17.1 Å². The quantitative estimate of drug-likeness (QED) is 0.473. The summed E-state index contributed by atoms with van der Waals surface area (Å²) in [5.41, 5.74) is 1.39. The number of hydrogen-bond donors (Lipinski definition) is 1. The van der Waals surface area contributed by atoms with Gasteiger partial charge >= 0.3 is 0 Å². The summed E-state index contributed by atoms with van der Waals surface area (Å²) in [5, 5.41) is 7.46. The van der Waals surface area contributed by atoms with Crippen molar-refractivity contribution >= 4 is 11.8 Å². The zero-order valence-electron chi connectivity index (χ0n) is 18.6. The highest BCUT2D eigenvalue weighted by molar-refractivity contribution is 6.00. The van der Waals surface area contributed by atoms with Crippen LogP contribution in [-0.4, -0.2) is 32.0 Å². The molecule has 0 radical (unpaired) electrons. The van der Waals surface area contributed by atoms with Crippen molar-refractivity contribution in [1.29, 1.82) is 0 Å². The van der Waals surface area contributed by atoms with E-state index < -0.39 is 5.54 Å². The molecule has 1 aliphatic heterocycles. The van der Waals surface area contributed by atoms with E-state index in [0.717, 1.165) is 11.1 Å². The molecular formula is C26H23FN4O3. The van der Waals surface area contributed by atoms with Crippen LogP contribution in [0.4, 0.5) is 4.39 Å². The molecule has 2 aromatic carbocycles. The summed E-state index contributed by atoms with van der Waals surface area (Å²) in [4.78, 5) is 28.8. The van der Waals surface area contributed by atoms with Crippen molar-refractivity contribution in [3.63, 3.8) is 0 Å². The van der Waals surface area contributed by atoms with Gasteiger partial charge in [0.15, 0.2) is 5.76 Å². The number of benzene rings is 2. The van der Waals surface area contributed by atoms with Gasteiger partial charge in [-0.2, -0.15) is 5.10 Å². The van der Waals surface area contributed by atoms with Crippen LogP contribution in [-0.2, 0) is 24.4 Å². The lowest BCUT2D eigenvalue weighted by Crippen LogP contribution is -2.63. The largest absolute Gasteiger partial charge is 0.463 e. The van der Waals surface area contributed by atoms with Crippen LogP contribution in [0.2, 0.25) is 0 Å². The van der Waals surface area contributed by atoms with Crippen molar-refractivity contribution in [3.05, 3.63) is 102 Å². The van der Waals surface area contributed by atoms with Crippen molar-refractivity contribution < 1.29 is 18.4 Å². The molecule has 0 saturated heterocycles. The van der Waals surface area contributed by atoms with Gasteiger partial charge in [0.25, 0.3) is 5.91 Å². The van der Waals surface area contributed by atoms with Crippen LogP contribution in [0.3, 0.4) is 0 Å². The Balaban J connectivity index is 1.47. The van der Waals surface area contributed by atoms with E-state index in [9.17, 15) is 14.0 Å². The Morgan fingerprint density at radius 3 is 2.56 bits per heavy atom. The lowest BCUT2D eigenvalue weighted by atomic mass is 9.94. The minimum atomic E-state index is -1.20. The molecule has 7 nitrogen and oxygen atoms in total. The first-order chi connectivity index (χ1) is 16.4. The van der Waals surface area contributed by atoms with Gasteiger partial charge < -0.3 is 14.6 Å². The molecule has 0 spiro atoms. The molecule has 0 fully saturated rings. The predicted molar refractivity (Wildman–Crippen MR) is 123 cm³/mol. The minimum Gasteiger partial charge on any atom is -0.463 e. The molecule has 0 unspecified atom stereocenters. The van der Waals surface area contributed by atoms with Crippen LogP contribution in [0.1, 0.15) is 28.5 Å². The Hall–Kier alpha value is -4.20. The van der Waals surface area contributed by atoms with E-state index in [2.05, 4.69) is 10.4 Å². The molecule has 0 bridgehead atoms. The monoisotopic (exact) mass is 458 g/mol. The molecule has 8 heteroatoms. The van der Waals surface area contributed by atoms with E-state index >= 15 is 0 Å². The molecule has 2 amide bonds. The number of carbonyl (C=O) groups excluding carboxylic acids is 2. The third-order valence-electron chi connectivity index (χ3n) is 6.11. The second-order valence-electron chi connectivity index (χ2n) is 8.51. The number of halogens is 1. The zero-order valence-corrected chi connectivity index (χ0v) is 18.6. The van der Waals surface area contributed by atoms with Crippen molar-refractivity contribution in [1.82, 2.24) is 20.0 Å². The van der Waals surface area contributed by atoms with Crippen LogP contribution >= 0.6 is 0 Å². The molecule has 1 atom stereocenters. The van der Waals surface area contributed by atoms with Gasteiger partial charge in [0.1, 0.15) is 22.7 Å². The van der Waals surface area contributed by atoms with Crippen molar-refractivity contribution in [2.75, 3.05) is 0 Å². The van der Waals surface area contributed by atoms with E-state index in [-0.39, 0.29) is 37.3 Å². The summed E-state index contributed by atoms with van der Waals surface area (Å²) in [6, 6.07) is 20.7. The molecule has 4 aromatic rings. The summed E-state index contributed by atoms with van der Waals surface area (Å²) in [6.07, 6.45) is 1.55. The first kappa shape index (κ1) is 21.6. The maximum absolute atomic E-state index is 13.6. The van der Waals surface area contributed by atoms with Gasteiger partial charge in [-0.3, -0.25) is 14.3 Å². The van der Waals surface area contributed by atoms with Crippen LogP contribution in [0, 0.1) is 5.82 Å². The lowest BCUT2D eigenvalue weighted by Gasteiger charge is -2.43. The van der Waals surface area contributed by atoms with E-state index in [1.54, 1.807) is 53.1 Å². The van der Waals surface area contributed by atoms with Gasteiger partial charge in [0, 0.05) is 19.2 Å². The summed E-state index contributed by atoms with van der Waals surface area (Å²) < 4.78 is 20.2. The Kier molecular flexibility index (Phi) is 5.49. The molecule has 0 saturated carbocycles. The predicted octanol–water partition coefficient (Wildman–Crippen LogP) is 4.01. The number of hydrogen-bond acceptors (Lipinski definition) is 4. The summed E-state index contributed by atoms with van der Waals surface area (Å²) in [5.74, 6) is -0.402.